The first-order valence-electron chi connectivity index (χ1n) is 4.14. The molecule has 0 atom stereocenters. The highest BCUT2D eigenvalue weighted by Gasteiger charge is 2.40. The minimum atomic E-state index is -4.66. The average Bonchev–Trinajstić information content (AvgIpc) is 2.53. The Morgan fingerprint density at radius 3 is 2.21 bits per heavy atom. The normalized spacial score (nSPS) is 21.0. The average molecular weight is 224 g/mol. The maximum atomic E-state index is 12.0. The largest absolute Gasteiger partial charge is 0.350 e. The summed E-state index contributed by atoms with van der Waals surface area (Å²) in [4.78, 5) is 0. The fraction of sp³-hybridized carbons (Fsp3) is 0.857. The van der Waals surface area contributed by atoms with Crippen molar-refractivity contribution in [2.75, 3.05) is 0 Å². The van der Waals surface area contributed by atoms with Crippen LogP contribution in [0.3, 0.4) is 0 Å². The van der Waals surface area contributed by atoms with Crippen LogP contribution in [0.4, 0.5) is 8.78 Å². The van der Waals surface area contributed by atoms with E-state index in [1.807, 2.05) is 0 Å². The Labute approximate surface area is 81.0 Å². The van der Waals surface area contributed by atoms with Crippen LogP contribution in [-0.2, 0) is 10.0 Å². The molecule has 0 aromatic carbocycles. The Kier molecular flexibility index (Phi) is 3.07. The lowest BCUT2D eigenvalue weighted by molar-refractivity contribution is 0.230. The molecular weight excluding hydrogens is 214 g/mol. The predicted octanol–water partition coefficient (Wildman–Crippen LogP) is 0.965. The molecule has 80 valence electrons. The van der Waals surface area contributed by atoms with Crippen LogP contribution in [0.5, 0.6) is 0 Å². The van der Waals surface area contributed by atoms with Gasteiger partial charge < -0.3 is 0 Å². The lowest BCUT2D eigenvalue weighted by Gasteiger charge is -2.21. The van der Waals surface area contributed by atoms with E-state index in [2.05, 4.69) is 0 Å². The summed E-state index contributed by atoms with van der Waals surface area (Å²) in [6.07, 6.45) is 1.96. The molecule has 0 amide bonds. The standard InChI is InChI=1S/C7H10F2N2O2S/c8-6(9)14(12,13)11-7(5-10)3-1-2-4-7/h6,11H,1-4H2. The van der Waals surface area contributed by atoms with Crippen molar-refractivity contribution in [1.82, 2.24) is 4.72 Å². The molecule has 1 aliphatic carbocycles. The van der Waals surface area contributed by atoms with Gasteiger partial charge in [-0.15, -0.1) is 0 Å². The second kappa shape index (κ2) is 3.79. The van der Waals surface area contributed by atoms with Crippen LogP contribution in [0, 0.1) is 11.3 Å². The van der Waals surface area contributed by atoms with Gasteiger partial charge in [0.25, 0.3) is 10.0 Å². The van der Waals surface area contributed by atoms with Gasteiger partial charge in [0, 0.05) is 0 Å². The van der Waals surface area contributed by atoms with Crippen molar-refractivity contribution in [2.24, 2.45) is 0 Å². The zero-order chi connectivity index (χ0) is 10.8. The number of nitriles is 1. The SMILES string of the molecule is N#CC1(NS(=O)(=O)C(F)F)CCCC1. The van der Waals surface area contributed by atoms with Crippen molar-refractivity contribution in [2.45, 2.75) is 37.0 Å². The number of sulfonamides is 1. The highest BCUT2D eigenvalue weighted by Crippen LogP contribution is 2.30. The molecule has 0 aromatic heterocycles. The highest BCUT2D eigenvalue weighted by molar-refractivity contribution is 7.89. The van der Waals surface area contributed by atoms with Crippen molar-refractivity contribution in [3.05, 3.63) is 0 Å². The Morgan fingerprint density at radius 2 is 1.86 bits per heavy atom. The lowest BCUT2D eigenvalue weighted by Crippen LogP contribution is -2.47. The first-order chi connectivity index (χ1) is 6.42. The van der Waals surface area contributed by atoms with Crippen molar-refractivity contribution in [1.29, 1.82) is 5.26 Å². The van der Waals surface area contributed by atoms with E-state index >= 15 is 0 Å². The van der Waals surface area contributed by atoms with Gasteiger partial charge >= 0.3 is 5.76 Å². The number of nitrogens with one attached hydrogen (secondary N) is 1. The molecule has 0 bridgehead atoms. The Balaban J connectivity index is 2.82. The molecule has 14 heavy (non-hydrogen) atoms. The molecule has 0 unspecified atom stereocenters. The molecule has 0 heterocycles. The third kappa shape index (κ3) is 2.19. The van der Waals surface area contributed by atoms with Crippen LogP contribution >= 0.6 is 0 Å². The molecule has 0 saturated heterocycles. The summed E-state index contributed by atoms with van der Waals surface area (Å²) in [6, 6.07) is 1.76. The zero-order valence-electron chi connectivity index (χ0n) is 7.33. The molecule has 0 spiro atoms. The number of halogens is 2. The topological polar surface area (TPSA) is 70.0 Å². The summed E-state index contributed by atoms with van der Waals surface area (Å²) in [5.41, 5.74) is -1.31. The smallest absolute Gasteiger partial charge is 0.206 e. The molecule has 1 rings (SSSR count). The minimum absolute atomic E-state index is 0.301. The Morgan fingerprint density at radius 1 is 1.36 bits per heavy atom. The maximum Gasteiger partial charge on any atom is 0.350 e. The molecule has 0 radical (unpaired) electrons. The van der Waals surface area contributed by atoms with Gasteiger partial charge in [0.1, 0.15) is 5.54 Å². The molecular formula is C7H10F2N2O2S. The molecule has 1 aliphatic rings. The van der Waals surface area contributed by atoms with E-state index in [-0.39, 0.29) is 0 Å². The van der Waals surface area contributed by atoms with Crippen LogP contribution in [0.15, 0.2) is 0 Å². The first kappa shape index (κ1) is 11.3. The summed E-state index contributed by atoms with van der Waals surface area (Å²) >= 11 is 0. The summed E-state index contributed by atoms with van der Waals surface area (Å²) < 4.78 is 47.5. The Bertz CT molecular complexity index is 341. The summed E-state index contributed by atoms with van der Waals surface area (Å²) in [6.45, 7) is 0. The van der Waals surface area contributed by atoms with E-state index in [0.717, 1.165) is 0 Å². The lowest BCUT2D eigenvalue weighted by atomic mass is 10.0. The molecule has 0 aliphatic heterocycles. The van der Waals surface area contributed by atoms with Gasteiger partial charge in [-0.25, -0.2) is 8.42 Å². The van der Waals surface area contributed by atoms with Crippen molar-refractivity contribution in [3.8, 4) is 6.07 Å². The van der Waals surface area contributed by atoms with E-state index in [0.29, 0.717) is 25.7 Å². The monoisotopic (exact) mass is 224 g/mol. The highest BCUT2D eigenvalue weighted by atomic mass is 32.2. The van der Waals surface area contributed by atoms with E-state index < -0.39 is 21.3 Å². The van der Waals surface area contributed by atoms with Crippen LogP contribution in [-0.4, -0.2) is 19.7 Å². The first-order valence-corrected chi connectivity index (χ1v) is 5.69. The quantitative estimate of drug-likeness (QED) is 0.776. The summed E-state index contributed by atoms with van der Waals surface area (Å²) in [7, 11) is -4.66. The third-order valence-corrected chi connectivity index (χ3v) is 3.39. The van der Waals surface area contributed by atoms with Gasteiger partial charge in [0.2, 0.25) is 0 Å². The zero-order valence-corrected chi connectivity index (χ0v) is 8.15. The van der Waals surface area contributed by atoms with Crippen molar-refractivity contribution < 1.29 is 17.2 Å². The second-order valence-electron chi connectivity index (χ2n) is 3.31. The maximum absolute atomic E-state index is 12.0. The van der Waals surface area contributed by atoms with Crippen LogP contribution in [0.25, 0.3) is 0 Å². The number of hydrogen-bond acceptors (Lipinski definition) is 3. The second-order valence-corrected chi connectivity index (χ2v) is 4.96. The summed E-state index contributed by atoms with van der Waals surface area (Å²) in [5, 5.41) is 8.74. The van der Waals surface area contributed by atoms with Gasteiger partial charge in [0.15, 0.2) is 0 Å². The van der Waals surface area contributed by atoms with Gasteiger partial charge in [-0.2, -0.15) is 18.8 Å². The molecule has 1 N–H and O–H groups in total. The minimum Gasteiger partial charge on any atom is -0.206 e. The molecule has 0 aromatic rings. The fourth-order valence-corrected chi connectivity index (χ4v) is 2.42. The van der Waals surface area contributed by atoms with Crippen LogP contribution in [0.2, 0.25) is 0 Å². The summed E-state index contributed by atoms with van der Waals surface area (Å²) in [5.74, 6) is -3.48. The van der Waals surface area contributed by atoms with Gasteiger partial charge in [-0.1, -0.05) is 12.8 Å². The molecule has 7 heteroatoms. The van der Waals surface area contributed by atoms with E-state index in [4.69, 9.17) is 5.26 Å². The van der Waals surface area contributed by atoms with Crippen molar-refractivity contribution >= 4 is 10.0 Å². The van der Waals surface area contributed by atoms with Crippen LogP contribution in [0.1, 0.15) is 25.7 Å². The fourth-order valence-electron chi connectivity index (χ4n) is 1.53. The third-order valence-electron chi connectivity index (χ3n) is 2.24. The number of nitrogens with zero attached hydrogens (tertiary/aromatic N) is 1. The van der Waals surface area contributed by atoms with E-state index in [9.17, 15) is 17.2 Å². The van der Waals surface area contributed by atoms with Gasteiger partial charge in [-0.05, 0) is 12.8 Å². The van der Waals surface area contributed by atoms with E-state index in [1.165, 1.54) is 0 Å². The predicted molar refractivity (Wildman–Crippen MR) is 44.9 cm³/mol. The van der Waals surface area contributed by atoms with Crippen molar-refractivity contribution in [3.63, 3.8) is 0 Å². The molecule has 1 fully saturated rings. The van der Waals surface area contributed by atoms with Crippen LogP contribution < -0.4 is 4.72 Å². The number of hydrogen-bond donors (Lipinski definition) is 1. The number of rotatable bonds is 3. The molecule has 1 saturated carbocycles. The van der Waals surface area contributed by atoms with Gasteiger partial charge in [0.05, 0.1) is 6.07 Å². The van der Waals surface area contributed by atoms with E-state index in [1.54, 1.807) is 10.8 Å². The number of alkyl halides is 2. The Hall–Kier alpha value is -0.740. The molecule has 4 nitrogen and oxygen atoms in total. The van der Waals surface area contributed by atoms with Gasteiger partial charge in [-0.3, -0.25) is 0 Å².